The second-order valence-electron chi connectivity index (χ2n) is 5.37. The predicted molar refractivity (Wildman–Crippen MR) is 70.9 cm³/mol. The van der Waals surface area contributed by atoms with Gasteiger partial charge in [-0.25, -0.2) is 4.79 Å². The molecular weight excluding hydrogens is 246 g/mol. The fourth-order valence-corrected chi connectivity index (χ4v) is 3.13. The molecule has 0 saturated carbocycles. The maximum atomic E-state index is 12.4. The molecule has 2 saturated heterocycles. The SMILES string of the molecule is CCC1(C(=O)O)CCCN1C(=O)CN1CCNCC1. The van der Waals surface area contributed by atoms with Crippen LogP contribution in [0.4, 0.5) is 0 Å². The van der Waals surface area contributed by atoms with Crippen LogP contribution < -0.4 is 5.32 Å². The van der Waals surface area contributed by atoms with Crippen molar-refractivity contribution >= 4 is 11.9 Å². The van der Waals surface area contributed by atoms with Crippen molar-refractivity contribution in [2.24, 2.45) is 0 Å². The molecule has 108 valence electrons. The standard InChI is InChI=1S/C13H23N3O3/c1-2-13(12(18)19)4-3-7-16(13)11(17)10-15-8-5-14-6-9-15/h14H,2-10H2,1H3,(H,18,19). The smallest absolute Gasteiger partial charge is 0.329 e. The minimum atomic E-state index is -0.967. The number of nitrogens with one attached hydrogen (secondary N) is 1. The number of hydrogen-bond acceptors (Lipinski definition) is 4. The van der Waals surface area contributed by atoms with Crippen LogP contribution >= 0.6 is 0 Å². The van der Waals surface area contributed by atoms with Gasteiger partial charge in [-0.2, -0.15) is 0 Å². The van der Waals surface area contributed by atoms with E-state index in [9.17, 15) is 14.7 Å². The van der Waals surface area contributed by atoms with Gasteiger partial charge in [0.2, 0.25) is 5.91 Å². The number of piperazine rings is 1. The zero-order valence-electron chi connectivity index (χ0n) is 11.5. The molecule has 1 amide bonds. The van der Waals surface area contributed by atoms with Crippen LogP contribution in [0.25, 0.3) is 0 Å². The summed E-state index contributed by atoms with van der Waals surface area (Å²) in [7, 11) is 0. The van der Waals surface area contributed by atoms with Gasteiger partial charge in [0.15, 0.2) is 0 Å². The van der Waals surface area contributed by atoms with Crippen LogP contribution in [0.3, 0.4) is 0 Å². The van der Waals surface area contributed by atoms with Crippen LogP contribution in [0.5, 0.6) is 0 Å². The Kier molecular flexibility index (Phi) is 4.42. The number of amides is 1. The maximum Gasteiger partial charge on any atom is 0.329 e. The third-order valence-electron chi connectivity index (χ3n) is 4.34. The zero-order chi connectivity index (χ0) is 13.9. The highest BCUT2D eigenvalue weighted by atomic mass is 16.4. The molecule has 0 aromatic carbocycles. The minimum absolute atomic E-state index is 0.0383. The number of nitrogens with zero attached hydrogens (tertiary/aromatic N) is 2. The fraction of sp³-hybridized carbons (Fsp3) is 0.846. The topological polar surface area (TPSA) is 72.9 Å². The third kappa shape index (κ3) is 2.74. The molecule has 1 unspecified atom stereocenters. The van der Waals surface area contributed by atoms with E-state index in [1.807, 2.05) is 6.92 Å². The van der Waals surface area contributed by atoms with Gasteiger partial charge in [0.05, 0.1) is 6.54 Å². The molecule has 2 rings (SSSR count). The highest BCUT2D eigenvalue weighted by Gasteiger charge is 2.48. The summed E-state index contributed by atoms with van der Waals surface area (Å²) in [4.78, 5) is 27.6. The first-order chi connectivity index (χ1) is 9.10. The number of rotatable bonds is 4. The van der Waals surface area contributed by atoms with E-state index in [4.69, 9.17) is 0 Å². The number of aliphatic carboxylic acids is 1. The summed E-state index contributed by atoms with van der Waals surface area (Å²) in [5.41, 5.74) is -0.967. The molecule has 0 aromatic rings. The van der Waals surface area contributed by atoms with Crippen molar-refractivity contribution in [3.05, 3.63) is 0 Å². The van der Waals surface area contributed by atoms with Crippen LogP contribution in [-0.4, -0.2) is 71.6 Å². The molecule has 2 fully saturated rings. The van der Waals surface area contributed by atoms with Crippen LogP contribution in [-0.2, 0) is 9.59 Å². The second kappa shape index (κ2) is 5.88. The molecule has 6 heteroatoms. The van der Waals surface area contributed by atoms with Gasteiger partial charge in [0.1, 0.15) is 5.54 Å². The first kappa shape index (κ1) is 14.3. The Morgan fingerprint density at radius 2 is 1.95 bits per heavy atom. The molecule has 19 heavy (non-hydrogen) atoms. The lowest BCUT2D eigenvalue weighted by atomic mass is 9.93. The number of hydrogen-bond donors (Lipinski definition) is 2. The second-order valence-corrected chi connectivity index (χ2v) is 5.37. The first-order valence-corrected chi connectivity index (χ1v) is 7.07. The Balaban J connectivity index is 2.02. The van der Waals surface area contributed by atoms with Crippen molar-refractivity contribution in [1.82, 2.24) is 15.1 Å². The van der Waals surface area contributed by atoms with Crippen LogP contribution in [0.2, 0.25) is 0 Å². The molecule has 1 atom stereocenters. The summed E-state index contributed by atoms with van der Waals surface area (Å²) in [5, 5.41) is 12.7. The van der Waals surface area contributed by atoms with Crippen LogP contribution in [0, 0.1) is 0 Å². The lowest BCUT2D eigenvalue weighted by Crippen LogP contribution is -2.56. The molecule has 0 aromatic heterocycles. The van der Waals surface area contributed by atoms with Gasteiger partial charge in [0, 0.05) is 32.7 Å². The quantitative estimate of drug-likeness (QED) is 0.736. The maximum absolute atomic E-state index is 12.4. The highest BCUT2D eigenvalue weighted by Crippen LogP contribution is 2.32. The zero-order valence-corrected chi connectivity index (χ0v) is 11.5. The average Bonchev–Trinajstić information content (AvgIpc) is 2.85. The molecule has 2 N–H and O–H groups in total. The van der Waals surface area contributed by atoms with Gasteiger partial charge in [-0.3, -0.25) is 9.69 Å². The lowest BCUT2D eigenvalue weighted by molar-refractivity contribution is -0.157. The van der Waals surface area contributed by atoms with E-state index in [0.717, 1.165) is 32.6 Å². The fourth-order valence-electron chi connectivity index (χ4n) is 3.13. The van der Waals surface area contributed by atoms with Crippen LogP contribution in [0.1, 0.15) is 26.2 Å². The van der Waals surface area contributed by atoms with E-state index in [1.54, 1.807) is 4.90 Å². The number of carboxylic acid groups (broad SMARTS) is 1. The molecule has 2 heterocycles. The van der Waals surface area contributed by atoms with Gasteiger partial charge in [-0.1, -0.05) is 6.92 Å². The van der Waals surface area contributed by atoms with Gasteiger partial charge in [0.25, 0.3) is 0 Å². The van der Waals surface area contributed by atoms with Crippen molar-refractivity contribution in [3.8, 4) is 0 Å². The predicted octanol–water partition coefficient (Wildman–Crippen LogP) is -0.253. The van der Waals surface area contributed by atoms with E-state index in [0.29, 0.717) is 25.9 Å². The third-order valence-corrected chi connectivity index (χ3v) is 4.34. The van der Waals surface area contributed by atoms with E-state index in [2.05, 4.69) is 10.2 Å². The molecule has 6 nitrogen and oxygen atoms in total. The Labute approximate surface area is 113 Å². The summed E-state index contributed by atoms with van der Waals surface area (Å²) in [6.07, 6.45) is 1.84. The number of carboxylic acids is 1. The molecule has 2 aliphatic rings. The minimum Gasteiger partial charge on any atom is -0.479 e. The lowest BCUT2D eigenvalue weighted by Gasteiger charge is -2.36. The van der Waals surface area contributed by atoms with Crippen LogP contribution in [0.15, 0.2) is 0 Å². The van der Waals surface area contributed by atoms with Gasteiger partial charge in [-0.15, -0.1) is 0 Å². The van der Waals surface area contributed by atoms with E-state index in [1.165, 1.54) is 0 Å². The summed E-state index contributed by atoms with van der Waals surface area (Å²) in [6.45, 7) is 6.26. The Morgan fingerprint density at radius 3 is 2.53 bits per heavy atom. The molecular formula is C13H23N3O3. The van der Waals surface area contributed by atoms with Crippen molar-refractivity contribution in [1.29, 1.82) is 0 Å². The number of carbonyl (C=O) groups is 2. The molecule has 0 bridgehead atoms. The van der Waals surface area contributed by atoms with Crippen molar-refractivity contribution < 1.29 is 14.7 Å². The van der Waals surface area contributed by atoms with Crippen molar-refractivity contribution in [3.63, 3.8) is 0 Å². The van der Waals surface area contributed by atoms with Crippen molar-refractivity contribution in [2.75, 3.05) is 39.3 Å². The highest BCUT2D eigenvalue weighted by molar-refractivity contribution is 5.88. The Morgan fingerprint density at radius 1 is 1.26 bits per heavy atom. The van der Waals surface area contributed by atoms with E-state index in [-0.39, 0.29) is 5.91 Å². The van der Waals surface area contributed by atoms with E-state index >= 15 is 0 Å². The molecule has 0 aliphatic carbocycles. The summed E-state index contributed by atoms with van der Waals surface area (Å²) < 4.78 is 0. The van der Waals surface area contributed by atoms with Crippen molar-refractivity contribution in [2.45, 2.75) is 31.7 Å². The van der Waals surface area contributed by atoms with Gasteiger partial charge < -0.3 is 15.3 Å². The molecule has 0 radical (unpaired) electrons. The average molecular weight is 269 g/mol. The first-order valence-electron chi connectivity index (χ1n) is 7.07. The molecule has 2 aliphatic heterocycles. The van der Waals surface area contributed by atoms with E-state index < -0.39 is 11.5 Å². The largest absolute Gasteiger partial charge is 0.479 e. The van der Waals surface area contributed by atoms with Gasteiger partial charge >= 0.3 is 5.97 Å². The number of carbonyl (C=O) groups excluding carboxylic acids is 1. The summed E-state index contributed by atoms with van der Waals surface area (Å²) in [6, 6.07) is 0. The Bertz CT molecular complexity index is 355. The molecule has 0 spiro atoms. The monoisotopic (exact) mass is 269 g/mol. The summed E-state index contributed by atoms with van der Waals surface area (Å²) >= 11 is 0. The normalized spacial score (nSPS) is 28.6. The Hall–Kier alpha value is -1.14. The number of likely N-dealkylation sites (tertiary alicyclic amines) is 1. The van der Waals surface area contributed by atoms with Gasteiger partial charge in [-0.05, 0) is 19.3 Å². The summed E-state index contributed by atoms with van der Waals surface area (Å²) in [5.74, 6) is -0.898.